The van der Waals surface area contributed by atoms with Crippen molar-refractivity contribution in [1.82, 2.24) is 4.90 Å². The zero-order valence-corrected chi connectivity index (χ0v) is 11.1. The van der Waals surface area contributed by atoms with Crippen molar-refractivity contribution in [3.8, 4) is 0 Å². The third-order valence-corrected chi connectivity index (χ3v) is 4.11. The van der Waals surface area contributed by atoms with Gasteiger partial charge in [-0.05, 0) is 32.3 Å². The Morgan fingerprint density at radius 3 is 2.14 bits per heavy atom. The summed E-state index contributed by atoms with van der Waals surface area (Å²) in [5.41, 5.74) is 0.360. The summed E-state index contributed by atoms with van der Waals surface area (Å²) in [6.07, 6.45) is 0. The fraction of sp³-hybridized carbons (Fsp3) is 1.00. The van der Waals surface area contributed by atoms with E-state index in [0.717, 1.165) is 12.3 Å². The molecule has 0 aliphatic carbocycles. The Kier molecular flexibility index (Phi) is 7.84. The lowest BCUT2D eigenvalue weighted by atomic mass is 10.2. The number of rotatable bonds is 7. The second kappa shape index (κ2) is 7.63. The van der Waals surface area contributed by atoms with Crippen molar-refractivity contribution in [2.45, 2.75) is 39.8 Å². The van der Waals surface area contributed by atoms with Crippen molar-refractivity contribution < 1.29 is 9.46 Å². The SMILES string of the molecule is CC(C)N(CCSC[P+](=O)O)C(C)C. The average Bonchev–Trinajstić information content (AvgIpc) is 2.01. The maximum atomic E-state index is 10.4. The van der Waals surface area contributed by atoms with E-state index in [1.54, 1.807) is 11.8 Å². The quantitative estimate of drug-likeness (QED) is 0.546. The van der Waals surface area contributed by atoms with E-state index in [2.05, 4.69) is 32.6 Å². The highest BCUT2D eigenvalue weighted by molar-refractivity contribution is 8.03. The number of hydrogen-bond donors (Lipinski definition) is 1. The van der Waals surface area contributed by atoms with Gasteiger partial charge >= 0.3 is 8.03 Å². The second-order valence-corrected chi connectivity index (χ2v) is 6.37. The molecular weight excluding hydrogens is 217 g/mol. The van der Waals surface area contributed by atoms with Crippen molar-refractivity contribution in [2.24, 2.45) is 0 Å². The van der Waals surface area contributed by atoms with Gasteiger partial charge in [-0.1, -0.05) is 0 Å². The molecule has 0 aliphatic rings. The number of nitrogens with zero attached hydrogens (tertiary/aromatic N) is 1. The summed E-state index contributed by atoms with van der Waals surface area (Å²) in [6, 6.07) is 1.08. The maximum Gasteiger partial charge on any atom is 0.516 e. The van der Waals surface area contributed by atoms with Gasteiger partial charge in [0.1, 0.15) is 0 Å². The normalized spacial score (nSPS) is 13.0. The molecule has 3 nitrogen and oxygen atoms in total. The van der Waals surface area contributed by atoms with Crippen molar-refractivity contribution in [2.75, 3.05) is 17.8 Å². The molecule has 0 amide bonds. The average molecular weight is 238 g/mol. The van der Waals surface area contributed by atoms with Crippen LogP contribution < -0.4 is 0 Å². The van der Waals surface area contributed by atoms with Gasteiger partial charge < -0.3 is 0 Å². The molecule has 1 N–H and O–H groups in total. The smallest absolute Gasteiger partial charge is 0.298 e. The van der Waals surface area contributed by atoms with Crippen LogP contribution in [0.5, 0.6) is 0 Å². The van der Waals surface area contributed by atoms with E-state index in [1.165, 1.54) is 0 Å². The predicted octanol–water partition coefficient (Wildman–Crippen LogP) is 2.53. The number of hydrogen-bond acceptors (Lipinski definition) is 3. The van der Waals surface area contributed by atoms with Gasteiger partial charge in [-0.2, -0.15) is 4.89 Å². The third kappa shape index (κ3) is 6.77. The summed E-state index contributed by atoms with van der Waals surface area (Å²) in [7, 11) is -1.97. The molecule has 0 aromatic heterocycles. The third-order valence-electron chi connectivity index (χ3n) is 2.02. The summed E-state index contributed by atoms with van der Waals surface area (Å²) < 4.78 is 10.4. The van der Waals surface area contributed by atoms with Crippen LogP contribution in [0.15, 0.2) is 0 Å². The van der Waals surface area contributed by atoms with Crippen LogP contribution in [0.4, 0.5) is 0 Å². The minimum atomic E-state index is -1.97. The monoisotopic (exact) mass is 238 g/mol. The molecule has 0 saturated heterocycles. The van der Waals surface area contributed by atoms with E-state index in [9.17, 15) is 4.57 Å². The van der Waals surface area contributed by atoms with E-state index in [0.29, 0.717) is 17.6 Å². The molecule has 0 aromatic rings. The van der Waals surface area contributed by atoms with E-state index in [4.69, 9.17) is 4.89 Å². The van der Waals surface area contributed by atoms with Crippen LogP contribution in [-0.4, -0.2) is 39.7 Å². The maximum absolute atomic E-state index is 10.4. The molecule has 84 valence electrons. The zero-order valence-electron chi connectivity index (χ0n) is 9.43. The highest BCUT2D eigenvalue weighted by atomic mass is 32.2. The summed E-state index contributed by atoms with van der Waals surface area (Å²) in [4.78, 5) is 11.0. The van der Waals surface area contributed by atoms with Crippen molar-refractivity contribution >= 4 is 19.8 Å². The van der Waals surface area contributed by atoms with Crippen LogP contribution in [0.2, 0.25) is 0 Å². The Morgan fingerprint density at radius 2 is 1.79 bits per heavy atom. The van der Waals surface area contributed by atoms with Crippen LogP contribution in [0.1, 0.15) is 27.7 Å². The summed E-state index contributed by atoms with van der Waals surface area (Å²) in [6.45, 7) is 9.70. The van der Waals surface area contributed by atoms with Gasteiger partial charge in [0.05, 0.1) is 0 Å². The number of thioether (sulfide) groups is 1. The summed E-state index contributed by atoms with van der Waals surface area (Å²) >= 11 is 1.55. The summed E-state index contributed by atoms with van der Waals surface area (Å²) in [5, 5.41) is 0. The predicted molar refractivity (Wildman–Crippen MR) is 64.1 cm³/mol. The topological polar surface area (TPSA) is 40.5 Å². The standard InChI is InChI=1S/C9H20NO2PS/c1-8(2)10(9(3)4)5-6-14-7-13(11)12/h8-9H,5-7H2,1-4H3/p+1. The van der Waals surface area contributed by atoms with Crippen molar-refractivity contribution in [1.29, 1.82) is 0 Å². The Morgan fingerprint density at radius 1 is 1.29 bits per heavy atom. The van der Waals surface area contributed by atoms with Gasteiger partial charge in [0.25, 0.3) is 0 Å². The Hall–Kier alpha value is 0.370. The molecule has 1 unspecified atom stereocenters. The molecule has 0 radical (unpaired) electrons. The lowest BCUT2D eigenvalue weighted by Gasteiger charge is -2.30. The lowest BCUT2D eigenvalue weighted by Crippen LogP contribution is -2.38. The van der Waals surface area contributed by atoms with Gasteiger partial charge in [-0.15, -0.1) is 11.8 Å². The van der Waals surface area contributed by atoms with Crippen LogP contribution in [0.25, 0.3) is 0 Å². The van der Waals surface area contributed by atoms with Gasteiger partial charge in [0, 0.05) is 24.4 Å². The lowest BCUT2D eigenvalue weighted by molar-refractivity contribution is 0.187. The molecule has 5 heteroatoms. The van der Waals surface area contributed by atoms with Crippen LogP contribution in [0, 0.1) is 0 Å². The van der Waals surface area contributed by atoms with Gasteiger partial charge in [-0.25, -0.2) is 0 Å². The van der Waals surface area contributed by atoms with Crippen molar-refractivity contribution in [3.05, 3.63) is 0 Å². The van der Waals surface area contributed by atoms with E-state index in [-0.39, 0.29) is 0 Å². The van der Waals surface area contributed by atoms with Crippen LogP contribution >= 0.6 is 19.8 Å². The largest absolute Gasteiger partial charge is 0.516 e. The highest BCUT2D eigenvalue weighted by Gasteiger charge is 2.14. The Balaban J connectivity index is 3.67. The fourth-order valence-corrected chi connectivity index (χ4v) is 2.91. The fourth-order valence-electron chi connectivity index (χ4n) is 1.43. The minimum absolute atomic E-state index is 0.360. The van der Waals surface area contributed by atoms with Crippen LogP contribution in [0.3, 0.4) is 0 Å². The molecule has 0 saturated carbocycles. The molecule has 0 heterocycles. The molecule has 0 rings (SSSR count). The molecule has 0 aliphatic heterocycles. The van der Waals surface area contributed by atoms with E-state index in [1.807, 2.05) is 0 Å². The minimum Gasteiger partial charge on any atom is -0.298 e. The van der Waals surface area contributed by atoms with Gasteiger partial charge in [0.2, 0.25) is 5.49 Å². The van der Waals surface area contributed by atoms with Crippen molar-refractivity contribution in [3.63, 3.8) is 0 Å². The molecule has 0 spiro atoms. The van der Waals surface area contributed by atoms with E-state index < -0.39 is 8.03 Å². The van der Waals surface area contributed by atoms with Gasteiger partial charge in [-0.3, -0.25) is 4.90 Å². The Bertz CT molecular complexity index is 168. The first kappa shape index (κ1) is 14.4. The van der Waals surface area contributed by atoms with Crippen LogP contribution in [-0.2, 0) is 4.57 Å². The van der Waals surface area contributed by atoms with E-state index >= 15 is 0 Å². The first-order valence-electron chi connectivity index (χ1n) is 4.92. The molecular formula is C9H21NO2PS+. The molecule has 1 atom stereocenters. The molecule has 0 aromatic carbocycles. The molecule has 0 fully saturated rings. The van der Waals surface area contributed by atoms with Gasteiger partial charge in [0.15, 0.2) is 0 Å². The molecule has 14 heavy (non-hydrogen) atoms. The second-order valence-electron chi connectivity index (χ2n) is 3.81. The highest BCUT2D eigenvalue weighted by Crippen LogP contribution is 2.21. The zero-order chi connectivity index (χ0) is 11.1. The first-order valence-corrected chi connectivity index (χ1v) is 7.47. The molecule has 0 bridgehead atoms. The first-order chi connectivity index (χ1) is 6.45. The summed E-state index contributed by atoms with van der Waals surface area (Å²) in [5.74, 6) is 0.929. The Labute approximate surface area is 92.1 Å².